The van der Waals surface area contributed by atoms with Crippen molar-refractivity contribution in [3.05, 3.63) is 38.0 Å². The van der Waals surface area contributed by atoms with Crippen LogP contribution in [0.1, 0.15) is 51.6 Å². The summed E-state index contributed by atoms with van der Waals surface area (Å²) >= 11 is 4.58. The fourth-order valence-corrected chi connectivity index (χ4v) is 3.03. The lowest BCUT2D eigenvalue weighted by molar-refractivity contribution is 0.0846. The van der Waals surface area contributed by atoms with E-state index >= 15 is 0 Å². The van der Waals surface area contributed by atoms with Gasteiger partial charge in [-0.2, -0.15) is 0 Å². The molecule has 6 nitrogen and oxygen atoms in total. The third-order valence-electron chi connectivity index (χ3n) is 2.83. The van der Waals surface area contributed by atoms with Crippen molar-refractivity contribution < 1.29 is 9.59 Å². The van der Waals surface area contributed by atoms with Gasteiger partial charge in [0.1, 0.15) is 10.6 Å². The maximum Gasteiger partial charge on any atom is 0.286 e. The average molecular weight is 385 g/mol. The summed E-state index contributed by atoms with van der Waals surface area (Å²) in [7, 11) is 0. The summed E-state index contributed by atoms with van der Waals surface area (Å²) in [5.74, 6) is -0.790. The molecule has 8 heteroatoms. The molecule has 118 valence electrons. The monoisotopic (exact) mass is 384 g/mol. The van der Waals surface area contributed by atoms with Crippen molar-refractivity contribution in [3.8, 4) is 0 Å². The van der Waals surface area contributed by atoms with Crippen molar-refractivity contribution in [2.45, 2.75) is 33.1 Å². The Bertz CT molecular complexity index is 715. The van der Waals surface area contributed by atoms with Gasteiger partial charge in [-0.05, 0) is 28.9 Å². The van der Waals surface area contributed by atoms with Gasteiger partial charge in [-0.1, -0.05) is 20.8 Å². The van der Waals surface area contributed by atoms with Gasteiger partial charge in [0.25, 0.3) is 11.8 Å². The van der Waals surface area contributed by atoms with Crippen LogP contribution in [0.5, 0.6) is 0 Å². The van der Waals surface area contributed by atoms with E-state index in [-0.39, 0.29) is 11.3 Å². The number of aryl methyl sites for hydroxylation is 1. The quantitative estimate of drug-likeness (QED) is 0.695. The molecule has 0 atom stereocenters. The van der Waals surface area contributed by atoms with Crippen LogP contribution in [0, 0.1) is 6.92 Å². The first kappa shape index (κ1) is 16.7. The average Bonchev–Trinajstić information content (AvgIpc) is 3.01. The van der Waals surface area contributed by atoms with Crippen LogP contribution < -0.4 is 10.9 Å². The van der Waals surface area contributed by atoms with Gasteiger partial charge in [-0.25, -0.2) is 4.98 Å². The molecule has 2 heterocycles. The van der Waals surface area contributed by atoms with Crippen LogP contribution in [0.25, 0.3) is 0 Å². The van der Waals surface area contributed by atoms with E-state index in [1.54, 1.807) is 19.2 Å². The number of amides is 2. The standard InChI is InChI=1S/C14H17BrN4O2S/c1-7-10(22-13(17-7)14(2,3)4)12(21)19-18-11(20)9-5-8(15)6-16-9/h5-6,16H,1-4H3,(H,18,20)(H,19,21). The highest BCUT2D eigenvalue weighted by molar-refractivity contribution is 9.10. The van der Waals surface area contributed by atoms with Gasteiger partial charge in [0.05, 0.1) is 10.7 Å². The molecule has 0 radical (unpaired) electrons. The summed E-state index contributed by atoms with van der Waals surface area (Å²) in [6.07, 6.45) is 1.64. The van der Waals surface area contributed by atoms with E-state index in [0.29, 0.717) is 16.3 Å². The van der Waals surface area contributed by atoms with Crippen LogP contribution in [-0.2, 0) is 5.41 Å². The van der Waals surface area contributed by atoms with Crippen molar-refractivity contribution in [2.75, 3.05) is 0 Å². The number of hydrogen-bond donors (Lipinski definition) is 3. The molecule has 3 N–H and O–H groups in total. The number of carbonyl (C=O) groups excluding carboxylic acids is 2. The van der Waals surface area contributed by atoms with Crippen molar-refractivity contribution in [3.63, 3.8) is 0 Å². The normalized spacial score (nSPS) is 11.3. The van der Waals surface area contributed by atoms with E-state index < -0.39 is 5.91 Å². The van der Waals surface area contributed by atoms with Gasteiger partial charge in [-0.3, -0.25) is 20.4 Å². The molecule has 2 amide bonds. The lowest BCUT2D eigenvalue weighted by atomic mass is 9.98. The zero-order valence-electron chi connectivity index (χ0n) is 12.7. The lowest BCUT2D eigenvalue weighted by Gasteiger charge is -2.13. The maximum atomic E-state index is 12.2. The van der Waals surface area contributed by atoms with Crippen molar-refractivity contribution >= 4 is 39.1 Å². The van der Waals surface area contributed by atoms with Crippen molar-refractivity contribution in [1.29, 1.82) is 0 Å². The first-order chi connectivity index (χ1) is 10.2. The summed E-state index contributed by atoms with van der Waals surface area (Å²) < 4.78 is 0.761. The highest BCUT2D eigenvalue weighted by Crippen LogP contribution is 2.28. The number of H-pyrrole nitrogens is 1. The Morgan fingerprint density at radius 2 is 1.91 bits per heavy atom. The minimum atomic E-state index is -0.419. The topological polar surface area (TPSA) is 86.9 Å². The van der Waals surface area contributed by atoms with E-state index in [9.17, 15) is 9.59 Å². The zero-order chi connectivity index (χ0) is 16.5. The molecule has 0 unspecified atom stereocenters. The smallest absolute Gasteiger partial charge is 0.286 e. The predicted octanol–water partition coefficient (Wildman–Crippen LogP) is 2.91. The molecule has 0 saturated carbocycles. The third kappa shape index (κ3) is 3.75. The minimum Gasteiger partial charge on any atom is -0.356 e. The van der Waals surface area contributed by atoms with Crippen LogP contribution in [0.4, 0.5) is 0 Å². The van der Waals surface area contributed by atoms with E-state index in [4.69, 9.17) is 0 Å². The fourth-order valence-electron chi connectivity index (χ4n) is 1.66. The molecule has 2 aromatic heterocycles. The molecule has 0 aliphatic carbocycles. The number of thiazole rings is 1. The van der Waals surface area contributed by atoms with Gasteiger partial charge in [0, 0.05) is 16.1 Å². The minimum absolute atomic E-state index is 0.117. The fraction of sp³-hybridized carbons (Fsp3) is 0.357. The Hall–Kier alpha value is -1.67. The van der Waals surface area contributed by atoms with E-state index in [1.807, 2.05) is 20.8 Å². The van der Waals surface area contributed by atoms with Gasteiger partial charge < -0.3 is 4.98 Å². The number of hydrazine groups is 1. The summed E-state index contributed by atoms with van der Waals surface area (Å²) in [5.41, 5.74) is 5.67. The van der Waals surface area contributed by atoms with Crippen molar-refractivity contribution in [2.24, 2.45) is 0 Å². The van der Waals surface area contributed by atoms with Crippen LogP contribution >= 0.6 is 27.3 Å². The maximum absolute atomic E-state index is 12.2. The second-order valence-corrected chi connectivity index (χ2v) is 7.74. The molecule has 0 aromatic carbocycles. The first-order valence-corrected chi connectivity index (χ1v) is 8.22. The molecule has 0 aliphatic rings. The van der Waals surface area contributed by atoms with Gasteiger partial charge >= 0.3 is 0 Å². The molecule has 0 saturated heterocycles. The summed E-state index contributed by atoms with van der Waals surface area (Å²) in [5, 5.41) is 0.884. The number of halogens is 1. The summed E-state index contributed by atoms with van der Waals surface area (Å²) in [4.78, 5) is 31.7. The van der Waals surface area contributed by atoms with Crippen LogP contribution in [0.2, 0.25) is 0 Å². The molecule has 0 fully saturated rings. The Morgan fingerprint density at radius 3 is 2.41 bits per heavy atom. The van der Waals surface area contributed by atoms with Gasteiger partial charge in [0.15, 0.2) is 0 Å². The molecular formula is C14H17BrN4O2S. The molecule has 2 rings (SSSR count). The van der Waals surface area contributed by atoms with Gasteiger partial charge in [-0.15, -0.1) is 11.3 Å². The van der Waals surface area contributed by atoms with Gasteiger partial charge in [0.2, 0.25) is 0 Å². The Labute approximate surface area is 140 Å². The Morgan fingerprint density at radius 1 is 1.27 bits per heavy atom. The summed E-state index contributed by atoms with van der Waals surface area (Å²) in [6.45, 7) is 7.90. The third-order valence-corrected chi connectivity index (χ3v) is 4.87. The lowest BCUT2D eigenvalue weighted by Crippen LogP contribution is -2.41. The Balaban J connectivity index is 2.04. The van der Waals surface area contributed by atoms with Crippen LogP contribution in [0.3, 0.4) is 0 Å². The number of aromatic nitrogens is 2. The molecule has 0 bridgehead atoms. The number of rotatable bonds is 2. The molecule has 22 heavy (non-hydrogen) atoms. The predicted molar refractivity (Wildman–Crippen MR) is 89.0 cm³/mol. The molecule has 2 aromatic rings. The van der Waals surface area contributed by atoms with E-state index in [2.05, 4.69) is 36.7 Å². The SMILES string of the molecule is Cc1nc(C(C)(C)C)sc1C(=O)NNC(=O)c1cc(Br)c[nH]1. The number of aromatic amines is 1. The molecule has 0 aliphatic heterocycles. The first-order valence-electron chi connectivity index (χ1n) is 6.61. The molecule has 0 spiro atoms. The number of nitrogens with one attached hydrogen (secondary N) is 3. The summed E-state index contributed by atoms with van der Waals surface area (Å²) in [6, 6.07) is 1.62. The highest BCUT2D eigenvalue weighted by Gasteiger charge is 2.23. The highest BCUT2D eigenvalue weighted by atomic mass is 79.9. The second kappa shape index (κ2) is 6.21. The van der Waals surface area contributed by atoms with E-state index in [0.717, 1.165) is 9.48 Å². The second-order valence-electron chi connectivity index (χ2n) is 5.82. The van der Waals surface area contributed by atoms with Crippen LogP contribution in [0.15, 0.2) is 16.7 Å². The van der Waals surface area contributed by atoms with Crippen molar-refractivity contribution in [1.82, 2.24) is 20.8 Å². The zero-order valence-corrected chi connectivity index (χ0v) is 15.1. The molecular weight excluding hydrogens is 368 g/mol. The largest absolute Gasteiger partial charge is 0.356 e. The van der Waals surface area contributed by atoms with E-state index in [1.165, 1.54) is 11.3 Å². The Kier molecular flexibility index (Phi) is 4.72. The number of nitrogens with zero attached hydrogens (tertiary/aromatic N) is 1. The number of hydrogen-bond acceptors (Lipinski definition) is 4. The number of carbonyl (C=O) groups is 2. The van der Waals surface area contributed by atoms with Crippen LogP contribution in [-0.4, -0.2) is 21.8 Å².